The highest BCUT2D eigenvalue weighted by Gasteiger charge is 2.29. The second-order valence-corrected chi connectivity index (χ2v) is 7.29. The number of rotatable bonds is 3. The molecular weight excluding hydrogens is 395 g/mol. The van der Waals surface area contributed by atoms with Gasteiger partial charge in [-0.15, -0.1) is 0 Å². The summed E-state index contributed by atoms with van der Waals surface area (Å²) in [6, 6.07) is 16.3. The predicted octanol–water partition coefficient (Wildman–Crippen LogP) is 6.37. The largest absolute Gasteiger partial charge is 0.457 e. The van der Waals surface area contributed by atoms with Crippen LogP contribution in [0.3, 0.4) is 0 Å². The van der Waals surface area contributed by atoms with Gasteiger partial charge in [-0.3, -0.25) is 4.79 Å². The van der Waals surface area contributed by atoms with Crippen molar-refractivity contribution >= 4 is 46.6 Å². The highest BCUT2D eigenvalue weighted by atomic mass is 35.5. The summed E-state index contributed by atoms with van der Waals surface area (Å²) in [5.41, 5.74) is 3.63. The maximum atomic E-state index is 12.8. The first-order chi connectivity index (χ1) is 13.4. The molecule has 140 valence electrons. The van der Waals surface area contributed by atoms with Gasteiger partial charge in [-0.1, -0.05) is 35.3 Å². The summed E-state index contributed by atoms with van der Waals surface area (Å²) in [6.45, 7) is 3.74. The van der Waals surface area contributed by atoms with Crippen LogP contribution in [0.4, 0.5) is 5.69 Å². The Hall–Kier alpha value is -2.82. The number of hydrogen-bond donors (Lipinski definition) is 0. The van der Waals surface area contributed by atoms with Crippen LogP contribution in [-0.2, 0) is 4.79 Å². The number of nitrogens with zero attached hydrogens (tertiary/aromatic N) is 2. The van der Waals surface area contributed by atoms with Crippen LogP contribution in [0, 0.1) is 6.92 Å². The Morgan fingerprint density at radius 3 is 2.50 bits per heavy atom. The third kappa shape index (κ3) is 3.37. The zero-order valence-corrected chi connectivity index (χ0v) is 16.8. The molecule has 1 aliphatic heterocycles. The van der Waals surface area contributed by atoms with E-state index in [2.05, 4.69) is 5.10 Å². The van der Waals surface area contributed by atoms with Gasteiger partial charge >= 0.3 is 0 Å². The lowest BCUT2D eigenvalue weighted by molar-refractivity contribution is -0.114. The summed E-state index contributed by atoms with van der Waals surface area (Å²) >= 11 is 12.1. The lowest BCUT2D eigenvalue weighted by Crippen LogP contribution is -2.21. The molecule has 28 heavy (non-hydrogen) atoms. The Bertz CT molecular complexity index is 1130. The third-order valence-corrected chi connectivity index (χ3v) is 5.24. The fraction of sp³-hybridized carbons (Fsp3) is 0.0909. The Balaban J connectivity index is 1.64. The fourth-order valence-electron chi connectivity index (χ4n) is 3.03. The Morgan fingerprint density at radius 1 is 1.00 bits per heavy atom. The lowest BCUT2D eigenvalue weighted by atomic mass is 10.1. The van der Waals surface area contributed by atoms with Crippen molar-refractivity contribution in [1.29, 1.82) is 0 Å². The monoisotopic (exact) mass is 410 g/mol. The average Bonchev–Trinajstić information content (AvgIpc) is 3.25. The van der Waals surface area contributed by atoms with E-state index in [9.17, 15) is 4.79 Å². The first-order valence-corrected chi connectivity index (χ1v) is 9.42. The number of anilines is 1. The quantitative estimate of drug-likeness (QED) is 0.470. The molecule has 6 heteroatoms. The smallest absolute Gasteiger partial charge is 0.280 e. The number of carbonyl (C=O) groups is 1. The van der Waals surface area contributed by atoms with Crippen LogP contribution in [0.2, 0.25) is 10.0 Å². The van der Waals surface area contributed by atoms with Crippen LogP contribution in [0.1, 0.15) is 18.2 Å². The molecule has 1 aromatic heterocycles. The number of hydrazone groups is 1. The fourth-order valence-corrected chi connectivity index (χ4v) is 3.33. The number of carbonyl (C=O) groups excluding carboxylic acids is 1. The zero-order valence-electron chi connectivity index (χ0n) is 15.2. The second kappa shape index (κ2) is 7.30. The molecule has 0 atom stereocenters. The first kappa shape index (κ1) is 18.5. The highest BCUT2D eigenvalue weighted by molar-refractivity contribution is 6.33. The summed E-state index contributed by atoms with van der Waals surface area (Å²) in [5, 5.41) is 7.02. The Kier molecular flexibility index (Phi) is 4.84. The normalized spacial score (nSPS) is 15.4. The molecule has 2 aromatic carbocycles. The van der Waals surface area contributed by atoms with Crippen molar-refractivity contribution < 1.29 is 9.21 Å². The van der Waals surface area contributed by atoms with Gasteiger partial charge in [-0.2, -0.15) is 10.1 Å². The highest BCUT2D eigenvalue weighted by Crippen LogP contribution is 2.31. The van der Waals surface area contributed by atoms with E-state index in [4.69, 9.17) is 27.6 Å². The molecule has 0 fully saturated rings. The van der Waals surface area contributed by atoms with Crippen molar-refractivity contribution in [2.24, 2.45) is 5.10 Å². The topological polar surface area (TPSA) is 45.8 Å². The molecule has 0 saturated heterocycles. The van der Waals surface area contributed by atoms with E-state index in [1.807, 2.05) is 37.3 Å². The minimum Gasteiger partial charge on any atom is -0.457 e. The molecule has 0 spiro atoms. The van der Waals surface area contributed by atoms with Gasteiger partial charge in [0.15, 0.2) is 0 Å². The van der Waals surface area contributed by atoms with Crippen LogP contribution in [0.25, 0.3) is 17.4 Å². The molecular formula is C22H16Cl2N2O2. The van der Waals surface area contributed by atoms with Crippen molar-refractivity contribution in [3.63, 3.8) is 0 Å². The van der Waals surface area contributed by atoms with E-state index in [0.29, 0.717) is 38.5 Å². The number of furan rings is 1. The van der Waals surface area contributed by atoms with Gasteiger partial charge < -0.3 is 4.42 Å². The van der Waals surface area contributed by atoms with Gasteiger partial charge in [-0.05, 0) is 68.0 Å². The van der Waals surface area contributed by atoms with Crippen molar-refractivity contribution in [3.8, 4) is 11.3 Å². The third-order valence-electron chi connectivity index (χ3n) is 4.58. The van der Waals surface area contributed by atoms with Gasteiger partial charge in [0.25, 0.3) is 5.91 Å². The molecule has 1 amide bonds. The molecule has 0 saturated carbocycles. The van der Waals surface area contributed by atoms with Crippen LogP contribution in [0.15, 0.2) is 69.7 Å². The summed E-state index contributed by atoms with van der Waals surface area (Å²) in [4.78, 5) is 12.8. The van der Waals surface area contributed by atoms with Gasteiger partial charge in [0, 0.05) is 15.6 Å². The van der Waals surface area contributed by atoms with Crippen LogP contribution in [-0.4, -0.2) is 11.6 Å². The van der Waals surface area contributed by atoms with Crippen molar-refractivity contribution in [3.05, 3.63) is 81.5 Å². The van der Waals surface area contributed by atoms with E-state index >= 15 is 0 Å². The molecule has 4 nitrogen and oxygen atoms in total. The van der Waals surface area contributed by atoms with Crippen molar-refractivity contribution in [2.75, 3.05) is 5.01 Å². The minimum atomic E-state index is -0.211. The maximum Gasteiger partial charge on any atom is 0.280 e. The van der Waals surface area contributed by atoms with E-state index in [0.717, 1.165) is 11.1 Å². The SMILES string of the molecule is CC1=NN(c2ccc(Cl)cc2)C(=O)C1=Cc1ccc(-c2cccc(Cl)c2C)o1. The minimum absolute atomic E-state index is 0.211. The van der Waals surface area contributed by atoms with Crippen molar-refractivity contribution in [1.82, 2.24) is 0 Å². The summed E-state index contributed by atoms with van der Waals surface area (Å²) in [6.07, 6.45) is 1.71. The molecule has 0 aliphatic carbocycles. The Morgan fingerprint density at radius 2 is 1.75 bits per heavy atom. The molecule has 0 bridgehead atoms. The van der Waals surface area contributed by atoms with Crippen LogP contribution >= 0.6 is 23.2 Å². The second-order valence-electron chi connectivity index (χ2n) is 6.45. The predicted molar refractivity (Wildman–Crippen MR) is 114 cm³/mol. The number of amides is 1. The Labute approximate surface area is 172 Å². The average molecular weight is 411 g/mol. The molecule has 3 aromatic rings. The number of halogens is 2. The van der Waals surface area contributed by atoms with Gasteiger partial charge in [-0.25, -0.2) is 0 Å². The van der Waals surface area contributed by atoms with Gasteiger partial charge in [0.2, 0.25) is 0 Å². The van der Waals surface area contributed by atoms with E-state index < -0.39 is 0 Å². The molecule has 0 radical (unpaired) electrons. The summed E-state index contributed by atoms with van der Waals surface area (Å²) in [5.74, 6) is 1.06. The molecule has 0 unspecified atom stereocenters. The molecule has 4 rings (SSSR count). The van der Waals surface area contributed by atoms with Gasteiger partial charge in [0.1, 0.15) is 11.5 Å². The van der Waals surface area contributed by atoms with E-state index in [1.54, 1.807) is 37.3 Å². The maximum absolute atomic E-state index is 12.8. The zero-order chi connectivity index (χ0) is 19.8. The first-order valence-electron chi connectivity index (χ1n) is 8.66. The van der Waals surface area contributed by atoms with Gasteiger partial charge in [0.05, 0.1) is 17.0 Å². The van der Waals surface area contributed by atoms with Crippen LogP contribution < -0.4 is 5.01 Å². The summed E-state index contributed by atoms with van der Waals surface area (Å²) in [7, 11) is 0. The summed E-state index contributed by atoms with van der Waals surface area (Å²) < 4.78 is 5.94. The van der Waals surface area contributed by atoms with E-state index in [1.165, 1.54) is 5.01 Å². The number of hydrogen-bond acceptors (Lipinski definition) is 3. The van der Waals surface area contributed by atoms with Crippen LogP contribution in [0.5, 0.6) is 0 Å². The molecule has 1 aliphatic rings. The molecule has 2 heterocycles. The standard InChI is InChI=1S/C22H16Cl2N2O2/c1-13-18(4-3-5-20(13)24)21-11-10-17(28-21)12-19-14(2)25-26(22(19)27)16-8-6-15(23)7-9-16/h3-12H,1-2H3. The lowest BCUT2D eigenvalue weighted by Gasteiger charge is -2.11. The number of benzene rings is 2. The van der Waals surface area contributed by atoms with E-state index in [-0.39, 0.29) is 5.91 Å². The van der Waals surface area contributed by atoms with Crippen molar-refractivity contribution in [2.45, 2.75) is 13.8 Å². The molecule has 0 N–H and O–H groups in total.